The molecule has 2 aromatic rings. The van der Waals surface area contributed by atoms with E-state index < -0.39 is 11.7 Å². The number of aromatic nitrogens is 3. The largest absolute Gasteiger partial charge is 0.418 e. The van der Waals surface area contributed by atoms with E-state index >= 15 is 0 Å². The first-order chi connectivity index (χ1) is 12.0. The van der Waals surface area contributed by atoms with Gasteiger partial charge in [-0.1, -0.05) is 37.8 Å². The highest BCUT2D eigenvalue weighted by Gasteiger charge is 2.33. The van der Waals surface area contributed by atoms with Gasteiger partial charge in [-0.2, -0.15) is 23.3 Å². The molecular weight excluding hydrogens is 331 g/mol. The molecule has 0 aliphatic heterocycles. The Labute approximate surface area is 144 Å². The van der Waals surface area contributed by atoms with Crippen LogP contribution in [0.15, 0.2) is 30.5 Å². The van der Waals surface area contributed by atoms with Crippen LogP contribution in [0, 0.1) is 0 Å². The lowest BCUT2D eigenvalue weighted by Gasteiger charge is -2.17. The number of hydrogen-bond donors (Lipinski definition) is 2. The van der Waals surface area contributed by atoms with E-state index in [0.717, 1.165) is 18.9 Å². The van der Waals surface area contributed by atoms with Gasteiger partial charge in [0.15, 0.2) is 5.82 Å². The minimum absolute atomic E-state index is 0.0373. The maximum Gasteiger partial charge on any atom is 0.418 e. The summed E-state index contributed by atoms with van der Waals surface area (Å²) in [6.07, 6.45) is 3.97. The summed E-state index contributed by atoms with van der Waals surface area (Å²) in [5, 5.41) is 13.6. The van der Waals surface area contributed by atoms with Crippen LogP contribution < -0.4 is 10.6 Å². The molecule has 1 aliphatic carbocycles. The van der Waals surface area contributed by atoms with Crippen LogP contribution >= 0.6 is 0 Å². The van der Waals surface area contributed by atoms with Gasteiger partial charge in [0.05, 0.1) is 17.4 Å². The van der Waals surface area contributed by atoms with Crippen molar-refractivity contribution in [2.24, 2.45) is 0 Å². The number of nitrogens with one attached hydrogen (secondary N) is 2. The molecule has 0 radical (unpaired) electrons. The summed E-state index contributed by atoms with van der Waals surface area (Å²) in [6, 6.07) is 5.55. The van der Waals surface area contributed by atoms with Crippen molar-refractivity contribution in [2.45, 2.75) is 50.7 Å². The molecule has 0 atom stereocenters. The van der Waals surface area contributed by atoms with Crippen molar-refractivity contribution in [2.75, 3.05) is 10.6 Å². The summed E-state index contributed by atoms with van der Waals surface area (Å²) in [4.78, 5) is 4.25. The van der Waals surface area contributed by atoms with E-state index in [1.807, 2.05) is 0 Å². The van der Waals surface area contributed by atoms with Crippen LogP contribution in [0.3, 0.4) is 0 Å². The van der Waals surface area contributed by atoms with Crippen molar-refractivity contribution < 1.29 is 13.2 Å². The fraction of sp³-hybridized carbons (Fsp3) is 0.471. The topological polar surface area (TPSA) is 62.7 Å². The van der Waals surface area contributed by atoms with Gasteiger partial charge in [-0.05, 0) is 25.0 Å². The highest BCUT2D eigenvalue weighted by Crippen LogP contribution is 2.35. The molecule has 1 saturated carbocycles. The third-order valence-corrected chi connectivity index (χ3v) is 4.24. The molecule has 1 fully saturated rings. The molecule has 0 saturated heterocycles. The zero-order chi connectivity index (χ0) is 17.7. The maximum atomic E-state index is 13.1. The van der Waals surface area contributed by atoms with Gasteiger partial charge in [-0.3, -0.25) is 0 Å². The third-order valence-electron chi connectivity index (χ3n) is 4.24. The van der Waals surface area contributed by atoms with Crippen LogP contribution in [0.25, 0.3) is 0 Å². The normalized spacial score (nSPS) is 16.3. The molecule has 8 heteroatoms. The van der Waals surface area contributed by atoms with E-state index in [2.05, 4.69) is 25.8 Å². The van der Waals surface area contributed by atoms with Crippen molar-refractivity contribution in [1.82, 2.24) is 15.2 Å². The maximum absolute atomic E-state index is 13.1. The lowest BCUT2D eigenvalue weighted by molar-refractivity contribution is -0.136. The summed E-state index contributed by atoms with van der Waals surface area (Å²) in [6.45, 7) is 0. The molecule has 1 aliphatic rings. The summed E-state index contributed by atoms with van der Waals surface area (Å²) in [7, 11) is 0. The molecule has 3 rings (SSSR count). The van der Waals surface area contributed by atoms with Crippen LogP contribution in [0.4, 0.5) is 30.6 Å². The molecule has 0 spiro atoms. The Kier molecular flexibility index (Phi) is 5.35. The average molecular weight is 351 g/mol. The zero-order valence-corrected chi connectivity index (χ0v) is 13.7. The van der Waals surface area contributed by atoms with E-state index in [1.54, 1.807) is 0 Å². The number of alkyl halides is 3. The van der Waals surface area contributed by atoms with Gasteiger partial charge in [0.2, 0.25) is 5.95 Å². The summed E-state index contributed by atoms with van der Waals surface area (Å²) >= 11 is 0. The highest BCUT2D eigenvalue weighted by molar-refractivity contribution is 5.59. The number of nitrogens with zero attached hydrogens (tertiary/aromatic N) is 3. The van der Waals surface area contributed by atoms with Crippen molar-refractivity contribution in [3.05, 3.63) is 36.0 Å². The fourth-order valence-corrected chi connectivity index (χ4v) is 3.02. The number of hydrogen-bond acceptors (Lipinski definition) is 5. The second-order valence-corrected chi connectivity index (χ2v) is 6.17. The minimum Gasteiger partial charge on any atom is -0.366 e. The lowest BCUT2D eigenvalue weighted by Crippen LogP contribution is -2.19. The second kappa shape index (κ2) is 7.67. The quantitative estimate of drug-likeness (QED) is 0.777. The molecule has 1 aromatic heterocycles. The first-order valence-electron chi connectivity index (χ1n) is 8.42. The fourth-order valence-electron chi connectivity index (χ4n) is 3.02. The standard InChI is InChI=1S/C17H20F3N5/c18-17(19,20)13-9-5-6-10-14(13)23-16-24-15(11-21-25-16)22-12-7-3-1-2-4-8-12/h5-6,9-12H,1-4,7-8H2,(H2,22,23,24,25). The molecule has 1 aromatic carbocycles. The summed E-state index contributed by atoms with van der Waals surface area (Å²) < 4.78 is 39.2. The molecule has 2 N–H and O–H groups in total. The number of benzene rings is 1. The Morgan fingerprint density at radius 1 is 1.00 bits per heavy atom. The molecular formula is C17H20F3N5. The van der Waals surface area contributed by atoms with Crippen LogP contribution in [-0.4, -0.2) is 21.2 Å². The van der Waals surface area contributed by atoms with E-state index in [9.17, 15) is 13.2 Å². The van der Waals surface area contributed by atoms with Crippen LogP contribution in [0.2, 0.25) is 0 Å². The third kappa shape index (κ3) is 4.80. The van der Waals surface area contributed by atoms with Gasteiger partial charge in [0.1, 0.15) is 0 Å². The molecule has 0 bridgehead atoms. The second-order valence-electron chi connectivity index (χ2n) is 6.17. The molecule has 0 amide bonds. The Morgan fingerprint density at radius 3 is 2.44 bits per heavy atom. The van der Waals surface area contributed by atoms with Gasteiger partial charge in [-0.25, -0.2) is 0 Å². The summed E-state index contributed by atoms with van der Waals surface area (Å²) in [5.74, 6) is 0.559. The zero-order valence-electron chi connectivity index (χ0n) is 13.7. The van der Waals surface area contributed by atoms with Gasteiger partial charge < -0.3 is 10.6 Å². The number of rotatable bonds is 4. The number of halogens is 3. The van der Waals surface area contributed by atoms with Gasteiger partial charge in [0.25, 0.3) is 0 Å². The Hall–Kier alpha value is -2.38. The first-order valence-corrected chi connectivity index (χ1v) is 8.42. The van der Waals surface area contributed by atoms with Crippen molar-refractivity contribution in [3.8, 4) is 0 Å². The average Bonchev–Trinajstić information content (AvgIpc) is 2.83. The van der Waals surface area contributed by atoms with Crippen LogP contribution in [0.1, 0.15) is 44.1 Å². The molecule has 5 nitrogen and oxygen atoms in total. The Bertz CT molecular complexity index is 697. The Morgan fingerprint density at radius 2 is 1.72 bits per heavy atom. The van der Waals surface area contributed by atoms with Gasteiger partial charge >= 0.3 is 6.18 Å². The lowest BCUT2D eigenvalue weighted by atomic mass is 10.1. The predicted octanol–water partition coefficient (Wildman–Crippen LogP) is 4.77. The van der Waals surface area contributed by atoms with Gasteiger partial charge in [0, 0.05) is 6.04 Å². The van der Waals surface area contributed by atoms with Crippen LogP contribution in [0.5, 0.6) is 0 Å². The molecule has 134 valence electrons. The first kappa shape index (κ1) is 17.4. The number of para-hydroxylation sites is 1. The predicted molar refractivity (Wildman–Crippen MR) is 89.7 cm³/mol. The van der Waals surface area contributed by atoms with Crippen molar-refractivity contribution >= 4 is 17.5 Å². The van der Waals surface area contributed by atoms with Gasteiger partial charge in [-0.15, -0.1) is 5.10 Å². The Balaban J connectivity index is 1.74. The molecule has 25 heavy (non-hydrogen) atoms. The SMILES string of the molecule is FC(F)(F)c1ccccc1Nc1nncc(NC2CCCCCC2)n1. The van der Waals surface area contributed by atoms with E-state index in [0.29, 0.717) is 11.9 Å². The van der Waals surface area contributed by atoms with E-state index in [1.165, 1.54) is 50.1 Å². The molecule has 1 heterocycles. The monoisotopic (exact) mass is 351 g/mol. The van der Waals surface area contributed by atoms with E-state index in [-0.39, 0.29) is 11.6 Å². The highest BCUT2D eigenvalue weighted by atomic mass is 19.4. The number of anilines is 3. The minimum atomic E-state index is -4.45. The van der Waals surface area contributed by atoms with Crippen LogP contribution in [-0.2, 0) is 6.18 Å². The van der Waals surface area contributed by atoms with Crippen molar-refractivity contribution in [3.63, 3.8) is 0 Å². The van der Waals surface area contributed by atoms with Crippen molar-refractivity contribution in [1.29, 1.82) is 0 Å². The summed E-state index contributed by atoms with van der Waals surface area (Å²) in [5.41, 5.74) is -0.857. The van der Waals surface area contributed by atoms with E-state index in [4.69, 9.17) is 0 Å². The molecule has 0 unspecified atom stereocenters. The smallest absolute Gasteiger partial charge is 0.366 e.